The topological polar surface area (TPSA) is 40.5 Å². The van der Waals surface area contributed by atoms with Gasteiger partial charge in [-0.3, -0.25) is 9.69 Å². The lowest BCUT2D eigenvalue weighted by atomic mass is 9.90. The van der Waals surface area contributed by atoms with E-state index in [-0.39, 0.29) is 12.0 Å². The average Bonchev–Trinajstić information content (AvgIpc) is 2.44. The fraction of sp³-hybridized carbons (Fsp3) is 0.588. The van der Waals surface area contributed by atoms with Crippen LogP contribution in [0.25, 0.3) is 0 Å². The quantitative estimate of drug-likeness (QED) is 0.811. The Balaban J connectivity index is 1.76. The number of likely N-dealkylation sites (tertiary alicyclic amines) is 1. The number of unbranched alkanes of at least 4 members (excludes halogenated alkanes) is 1. The Morgan fingerprint density at radius 3 is 2.75 bits per heavy atom. The van der Waals surface area contributed by atoms with Crippen molar-refractivity contribution < 1.29 is 9.90 Å². The predicted octanol–water partition coefficient (Wildman–Crippen LogP) is 3.19. The van der Waals surface area contributed by atoms with Crippen molar-refractivity contribution >= 4 is 5.97 Å². The molecule has 20 heavy (non-hydrogen) atoms. The molecule has 0 spiro atoms. The largest absolute Gasteiger partial charge is 0.480 e. The van der Waals surface area contributed by atoms with Crippen LogP contribution in [0.3, 0.4) is 0 Å². The third kappa shape index (κ3) is 4.07. The molecule has 1 aromatic rings. The first-order valence-electron chi connectivity index (χ1n) is 7.69. The standard InChI is InChI=1S/C17H25NO2/c1-14-8-7-13-18(16(14)17(19)20)12-6-5-11-15-9-3-2-4-10-15/h2-4,9-10,14,16H,5-8,11-13H2,1H3,(H,19,20). The highest BCUT2D eigenvalue weighted by atomic mass is 16.4. The molecule has 110 valence electrons. The Bertz CT molecular complexity index is 418. The number of rotatable bonds is 6. The molecular weight excluding hydrogens is 250 g/mol. The number of carboxylic acids is 1. The molecule has 1 aromatic carbocycles. The number of hydrogen-bond acceptors (Lipinski definition) is 2. The summed E-state index contributed by atoms with van der Waals surface area (Å²) in [5.41, 5.74) is 1.37. The highest BCUT2D eigenvalue weighted by Gasteiger charge is 2.33. The highest BCUT2D eigenvalue weighted by Crippen LogP contribution is 2.23. The minimum Gasteiger partial charge on any atom is -0.480 e. The lowest BCUT2D eigenvalue weighted by Crippen LogP contribution is -2.49. The van der Waals surface area contributed by atoms with Gasteiger partial charge < -0.3 is 5.11 Å². The average molecular weight is 275 g/mol. The molecule has 1 N–H and O–H groups in total. The minimum absolute atomic E-state index is 0.273. The number of aryl methyl sites for hydroxylation is 1. The van der Waals surface area contributed by atoms with Crippen LogP contribution in [0.15, 0.2) is 30.3 Å². The van der Waals surface area contributed by atoms with Crippen molar-refractivity contribution in [3.63, 3.8) is 0 Å². The van der Waals surface area contributed by atoms with E-state index in [1.54, 1.807) is 0 Å². The van der Waals surface area contributed by atoms with Crippen LogP contribution in [0.5, 0.6) is 0 Å². The van der Waals surface area contributed by atoms with Gasteiger partial charge >= 0.3 is 5.97 Å². The van der Waals surface area contributed by atoms with Crippen molar-refractivity contribution in [1.82, 2.24) is 4.90 Å². The van der Waals surface area contributed by atoms with E-state index in [1.165, 1.54) is 5.56 Å². The first kappa shape index (κ1) is 15.0. The maximum atomic E-state index is 11.4. The number of carboxylic acid groups (broad SMARTS) is 1. The molecule has 0 saturated carbocycles. The lowest BCUT2D eigenvalue weighted by molar-refractivity contribution is -0.146. The molecule has 0 radical (unpaired) electrons. The summed E-state index contributed by atoms with van der Waals surface area (Å²) in [5.74, 6) is -0.379. The Morgan fingerprint density at radius 2 is 2.05 bits per heavy atom. The van der Waals surface area contributed by atoms with E-state index in [2.05, 4.69) is 36.1 Å². The molecule has 1 fully saturated rings. The molecule has 1 heterocycles. The molecular formula is C17H25NO2. The van der Waals surface area contributed by atoms with E-state index >= 15 is 0 Å². The van der Waals surface area contributed by atoms with Crippen LogP contribution in [0.2, 0.25) is 0 Å². The number of aliphatic carboxylic acids is 1. The van der Waals surface area contributed by atoms with Gasteiger partial charge in [-0.15, -0.1) is 0 Å². The zero-order valence-electron chi connectivity index (χ0n) is 12.3. The molecule has 0 aromatic heterocycles. The van der Waals surface area contributed by atoms with Gasteiger partial charge in [0, 0.05) is 0 Å². The first-order valence-corrected chi connectivity index (χ1v) is 7.69. The second-order valence-corrected chi connectivity index (χ2v) is 5.88. The van der Waals surface area contributed by atoms with E-state index in [0.29, 0.717) is 0 Å². The van der Waals surface area contributed by atoms with Crippen molar-refractivity contribution in [2.45, 2.75) is 45.1 Å². The Morgan fingerprint density at radius 1 is 1.30 bits per heavy atom. The van der Waals surface area contributed by atoms with E-state index in [0.717, 1.165) is 45.2 Å². The summed E-state index contributed by atoms with van der Waals surface area (Å²) in [7, 11) is 0. The van der Waals surface area contributed by atoms with Crippen molar-refractivity contribution in [2.24, 2.45) is 5.92 Å². The molecule has 0 bridgehead atoms. The zero-order chi connectivity index (χ0) is 14.4. The van der Waals surface area contributed by atoms with Crippen LogP contribution in [0.4, 0.5) is 0 Å². The van der Waals surface area contributed by atoms with Crippen molar-refractivity contribution in [1.29, 1.82) is 0 Å². The molecule has 3 heteroatoms. The molecule has 2 unspecified atom stereocenters. The molecule has 1 aliphatic rings. The van der Waals surface area contributed by atoms with Crippen LogP contribution < -0.4 is 0 Å². The lowest BCUT2D eigenvalue weighted by Gasteiger charge is -2.37. The van der Waals surface area contributed by atoms with E-state index in [4.69, 9.17) is 0 Å². The molecule has 1 aliphatic heterocycles. The molecule has 0 aliphatic carbocycles. The van der Waals surface area contributed by atoms with Crippen LogP contribution in [0.1, 0.15) is 38.2 Å². The van der Waals surface area contributed by atoms with Gasteiger partial charge in [-0.25, -0.2) is 0 Å². The number of nitrogens with zero attached hydrogens (tertiary/aromatic N) is 1. The van der Waals surface area contributed by atoms with Crippen molar-refractivity contribution in [2.75, 3.05) is 13.1 Å². The Hall–Kier alpha value is -1.35. The zero-order valence-corrected chi connectivity index (χ0v) is 12.3. The van der Waals surface area contributed by atoms with E-state index < -0.39 is 5.97 Å². The van der Waals surface area contributed by atoms with Gasteiger partial charge in [0.25, 0.3) is 0 Å². The third-order valence-corrected chi connectivity index (χ3v) is 4.29. The van der Waals surface area contributed by atoms with Crippen LogP contribution >= 0.6 is 0 Å². The number of carbonyl (C=O) groups is 1. The summed E-state index contributed by atoms with van der Waals surface area (Å²) in [4.78, 5) is 13.6. The maximum absolute atomic E-state index is 11.4. The summed E-state index contributed by atoms with van der Waals surface area (Å²) in [6, 6.07) is 10.2. The molecule has 1 saturated heterocycles. The molecule has 3 nitrogen and oxygen atoms in total. The van der Waals surface area contributed by atoms with Crippen molar-refractivity contribution in [3.8, 4) is 0 Å². The van der Waals surface area contributed by atoms with Gasteiger partial charge in [-0.1, -0.05) is 37.3 Å². The fourth-order valence-electron chi connectivity index (χ4n) is 3.21. The summed E-state index contributed by atoms with van der Waals surface area (Å²) < 4.78 is 0. The van der Waals surface area contributed by atoms with Gasteiger partial charge in [0.2, 0.25) is 0 Å². The smallest absolute Gasteiger partial charge is 0.321 e. The Kier molecular flexibility index (Phi) is 5.60. The fourth-order valence-corrected chi connectivity index (χ4v) is 3.21. The molecule has 2 atom stereocenters. The van der Waals surface area contributed by atoms with Crippen LogP contribution in [0, 0.1) is 5.92 Å². The number of piperidine rings is 1. The van der Waals surface area contributed by atoms with Gasteiger partial charge in [-0.2, -0.15) is 0 Å². The maximum Gasteiger partial charge on any atom is 0.321 e. The highest BCUT2D eigenvalue weighted by molar-refractivity contribution is 5.74. The Labute approximate surface area is 121 Å². The van der Waals surface area contributed by atoms with Gasteiger partial charge in [0.05, 0.1) is 0 Å². The monoisotopic (exact) mass is 275 g/mol. The first-order chi connectivity index (χ1) is 9.68. The minimum atomic E-state index is -0.653. The predicted molar refractivity (Wildman–Crippen MR) is 80.8 cm³/mol. The second kappa shape index (κ2) is 7.44. The summed E-state index contributed by atoms with van der Waals surface area (Å²) in [6.45, 7) is 3.91. The number of benzene rings is 1. The van der Waals surface area contributed by atoms with Crippen LogP contribution in [-0.4, -0.2) is 35.1 Å². The van der Waals surface area contributed by atoms with Gasteiger partial charge in [-0.05, 0) is 56.7 Å². The number of hydrogen-bond donors (Lipinski definition) is 1. The van der Waals surface area contributed by atoms with Gasteiger partial charge in [0.1, 0.15) is 6.04 Å². The second-order valence-electron chi connectivity index (χ2n) is 5.88. The van der Waals surface area contributed by atoms with Crippen LogP contribution in [-0.2, 0) is 11.2 Å². The molecule has 0 amide bonds. The normalized spacial score (nSPS) is 23.6. The SMILES string of the molecule is CC1CCCN(CCCCc2ccccc2)C1C(=O)O. The van der Waals surface area contributed by atoms with Crippen molar-refractivity contribution in [3.05, 3.63) is 35.9 Å². The third-order valence-electron chi connectivity index (χ3n) is 4.29. The van der Waals surface area contributed by atoms with Gasteiger partial charge in [0.15, 0.2) is 0 Å². The summed E-state index contributed by atoms with van der Waals surface area (Å²) >= 11 is 0. The molecule has 2 rings (SSSR count). The van der Waals surface area contributed by atoms with E-state index in [9.17, 15) is 9.90 Å². The summed E-state index contributed by atoms with van der Waals surface area (Å²) in [6.07, 6.45) is 5.45. The summed E-state index contributed by atoms with van der Waals surface area (Å²) in [5, 5.41) is 9.37. The van der Waals surface area contributed by atoms with E-state index in [1.807, 2.05) is 6.07 Å².